The minimum atomic E-state index is -0.736. The highest BCUT2D eigenvalue weighted by atomic mass is 32.1. The SMILES string of the molecule is C#CCn1c(=NC(=O)c2ccccc2)sc2cc(F)cc(F)c21. The fourth-order valence-electron chi connectivity index (χ4n) is 2.18. The second-order valence-electron chi connectivity index (χ2n) is 4.69. The number of halogens is 2. The number of aromatic nitrogens is 1. The molecule has 0 atom stereocenters. The molecule has 3 rings (SSSR count). The normalized spacial score (nSPS) is 11.6. The van der Waals surface area contributed by atoms with Crippen molar-refractivity contribution in [1.82, 2.24) is 4.57 Å². The standard InChI is InChI=1S/C17H10F2N2OS/c1-2-8-21-15-13(19)9-12(18)10-14(15)23-17(21)20-16(22)11-6-4-3-5-7-11/h1,3-7,9-10H,8H2. The predicted molar refractivity (Wildman–Crippen MR) is 84.9 cm³/mol. The van der Waals surface area contributed by atoms with Gasteiger partial charge < -0.3 is 4.57 Å². The lowest BCUT2D eigenvalue weighted by Crippen LogP contribution is -2.17. The van der Waals surface area contributed by atoms with Crippen LogP contribution >= 0.6 is 11.3 Å². The number of rotatable bonds is 2. The number of fused-ring (bicyclic) bond motifs is 1. The van der Waals surface area contributed by atoms with Gasteiger partial charge in [-0.2, -0.15) is 4.99 Å². The summed E-state index contributed by atoms with van der Waals surface area (Å²) >= 11 is 1.02. The van der Waals surface area contributed by atoms with Crippen LogP contribution in [-0.4, -0.2) is 10.5 Å². The summed E-state index contributed by atoms with van der Waals surface area (Å²) in [6, 6.07) is 10.5. The number of terminal acetylenes is 1. The van der Waals surface area contributed by atoms with Gasteiger partial charge in [-0.25, -0.2) is 8.78 Å². The zero-order valence-electron chi connectivity index (χ0n) is 11.8. The van der Waals surface area contributed by atoms with E-state index in [4.69, 9.17) is 6.42 Å². The Bertz CT molecular complexity index is 997. The molecule has 6 heteroatoms. The van der Waals surface area contributed by atoms with Crippen LogP contribution in [0.1, 0.15) is 10.4 Å². The topological polar surface area (TPSA) is 34.4 Å². The first-order chi connectivity index (χ1) is 11.1. The third-order valence-electron chi connectivity index (χ3n) is 3.16. The van der Waals surface area contributed by atoms with Crippen LogP contribution in [0, 0.1) is 24.0 Å². The quantitative estimate of drug-likeness (QED) is 0.664. The van der Waals surface area contributed by atoms with Crippen LogP contribution in [0.25, 0.3) is 10.2 Å². The molecular weight excluding hydrogens is 318 g/mol. The number of hydrogen-bond acceptors (Lipinski definition) is 2. The lowest BCUT2D eigenvalue weighted by atomic mass is 10.2. The van der Waals surface area contributed by atoms with Gasteiger partial charge in [-0.05, 0) is 18.2 Å². The number of nitrogens with zero attached hydrogens (tertiary/aromatic N) is 2. The summed E-state index contributed by atoms with van der Waals surface area (Å²) in [4.78, 5) is 16.5. The van der Waals surface area contributed by atoms with E-state index in [0.717, 1.165) is 17.4 Å². The van der Waals surface area contributed by atoms with E-state index in [-0.39, 0.29) is 16.9 Å². The smallest absolute Gasteiger partial charge is 0.279 e. The van der Waals surface area contributed by atoms with Crippen LogP contribution in [0.4, 0.5) is 8.78 Å². The zero-order chi connectivity index (χ0) is 16.4. The molecule has 23 heavy (non-hydrogen) atoms. The maximum atomic E-state index is 14.1. The fourth-order valence-corrected chi connectivity index (χ4v) is 3.25. The Morgan fingerprint density at radius 2 is 2.00 bits per heavy atom. The van der Waals surface area contributed by atoms with Crippen LogP contribution in [0.3, 0.4) is 0 Å². The van der Waals surface area contributed by atoms with Gasteiger partial charge in [0, 0.05) is 11.6 Å². The zero-order valence-corrected chi connectivity index (χ0v) is 12.6. The van der Waals surface area contributed by atoms with Crippen molar-refractivity contribution in [3.63, 3.8) is 0 Å². The molecule has 1 amide bonds. The Labute approximate surface area is 134 Å². The van der Waals surface area contributed by atoms with Crippen LogP contribution in [0.5, 0.6) is 0 Å². The highest BCUT2D eigenvalue weighted by molar-refractivity contribution is 7.16. The number of thiazole rings is 1. The molecule has 114 valence electrons. The first kappa shape index (κ1) is 15.1. The molecule has 0 aliphatic rings. The molecule has 0 aliphatic heterocycles. The number of carbonyl (C=O) groups excluding carboxylic acids is 1. The lowest BCUT2D eigenvalue weighted by molar-refractivity contribution is 0.0998. The van der Waals surface area contributed by atoms with Crippen molar-refractivity contribution in [2.24, 2.45) is 4.99 Å². The summed E-state index contributed by atoms with van der Waals surface area (Å²) in [6.45, 7) is 0.0312. The summed E-state index contributed by atoms with van der Waals surface area (Å²) < 4.78 is 29.2. The van der Waals surface area contributed by atoms with E-state index in [1.807, 2.05) is 0 Å². The van der Waals surface area contributed by atoms with Crippen LogP contribution < -0.4 is 4.80 Å². The summed E-state index contributed by atoms with van der Waals surface area (Å²) in [7, 11) is 0. The van der Waals surface area contributed by atoms with E-state index < -0.39 is 17.5 Å². The van der Waals surface area contributed by atoms with E-state index in [0.29, 0.717) is 10.3 Å². The fraction of sp³-hybridized carbons (Fsp3) is 0.0588. The van der Waals surface area contributed by atoms with Crippen molar-refractivity contribution in [1.29, 1.82) is 0 Å². The molecule has 3 nitrogen and oxygen atoms in total. The van der Waals surface area contributed by atoms with Crippen molar-refractivity contribution in [2.45, 2.75) is 6.54 Å². The van der Waals surface area contributed by atoms with Crippen molar-refractivity contribution in [3.8, 4) is 12.3 Å². The minimum Gasteiger partial charge on any atom is -0.302 e. The van der Waals surface area contributed by atoms with Gasteiger partial charge in [-0.3, -0.25) is 4.79 Å². The summed E-state index contributed by atoms with van der Waals surface area (Å²) in [5, 5.41) is 0. The van der Waals surface area contributed by atoms with Gasteiger partial charge in [0.05, 0.1) is 16.8 Å². The third-order valence-corrected chi connectivity index (χ3v) is 4.19. The third kappa shape index (κ3) is 2.91. The van der Waals surface area contributed by atoms with Gasteiger partial charge in [0.2, 0.25) is 0 Å². The van der Waals surface area contributed by atoms with Crippen LogP contribution in [-0.2, 0) is 6.54 Å². The second-order valence-corrected chi connectivity index (χ2v) is 5.70. The minimum absolute atomic E-state index is 0.0312. The number of amides is 1. The van der Waals surface area contributed by atoms with Gasteiger partial charge in [0.1, 0.15) is 5.82 Å². The molecule has 0 fully saturated rings. The highest BCUT2D eigenvalue weighted by Gasteiger charge is 2.13. The average Bonchev–Trinajstić information content (AvgIpc) is 2.86. The van der Waals surface area contributed by atoms with E-state index in [9.17, 15) is 13.6 Å². The number of benzene rings is 2. The van der Waals surface area contributed by atoms with Crippen molar-refractivity contribution < 1.29 is 13.6 Å². The summed E-state index contributed by atoms with van der Waals surface area (Å²) in [6.07, 6.45) is 5.31. The molecule has 2 aromatic carbocycles. The lowest BCUT2D eigenvalue weighted by Gasteiger charge is -2.01. The number of hydrogen-bond donors (Lipinski definition) is 0. The Morgan fingerprint density at radius 1 is 1.26 bits per heavy atom. The maximum absolute atomic E-state index is 14.1. The van der Waals surface area contributed by atoms with Crippen molar-refractivity contribution in [3.05, 3.63) is 64.5 Å². The van der Waals surface area contributed by atoms with Crippen LogP contribution in [0.2, 0.25) is 0 Å². The molecule has 0 aliphatic carbocycles. The van der Waals surface area contributed by atoms with Gasteiger partial charge in [0.15, 0.2) is 10.6 Å². The molecule has 3 aromatic rings. The van der Waals surface area contributed by atoms with Gasteiger partial charge in [-0.15, -0.1) is 6.42 Å². The first-order valence-electron chi connectivity index (χ1n) is 6.66. The molecule has 0 unspecified atom stereocenters. The Morgan fingerprint density at radius 3 is 2.70 bits per heavy atom. The van der Waals surface area contributed by atoms with Gasteiger partial charge in [-0.1, -0.05) is 35.5 Å². The molecule has 0 bridgehead atoms. The average molecular weight is 328 g/mol. The van der Waals surface area contributed by atoms with E-state index in [1.54, 1.807) is 30.3 Å². The Balaban J connectivity index is 2.23. The van der Waals surface area contributed by atoms with Crippen LogP contribution in [0.15, 0.2) is 47.5 Å². The maximum Gasteiger partial charge on any atom is 0.279 e. The summed E-state index contributed by atoms with van der Waals surface area (Å²) in [5.74, 6) is 0.501. The Hall–Kier alpha value is -2.78. The van der Waals surface area contributed by atoms with Gasteiger partial charge >= 0.3 is 0 Å². The molecule has 0 saturated heterocycles. The van der Waals surface area contributed by atoms with E-state index in [1.165, 1.54) is 10.6 Å². The molecule has 1 aromatic heterocycles. The van der Waals surface area contributed by atoms with E-state index >= 15 is 0 Å². The highest BCUT2D eigenvalue weighted by Crippen LogP contribution is 2.22. The Kier molecular flexibility index (Phi) is 4.04. The number of carbonyl (C=O) groups is 1. The molecule has 0 saturated carbocycles. The van der Waals surface area contributed by atoms with Crippen molar-refractivity contribution >= 4 is 27.5 Å². The summed E-state index contributed by atoms with van der Waals surface area (Å²) in [5.41, 5.74) is 0.554. The molecular formula is C17H10F2N2OS. The molecule has 0 N–H and O–H groups in total. The monoisotopic (exact) mass is 328 g/mol. The van der Waals surface area contributed by atoms with Gasteiger partial charge in [0.25, 0.3) is 5.91 Å². The second kappa shape index (κ2) is 6.15. The largest absolute Gasteiger partial charge is 0.302 e. The predicted octanol–water partition coefficient (Wildman–Crippen LogP) is 3.36. The van der Waals surface area contributed by atoms with Crippen molar-refractivity contribution in [2.75, 3.05) is 0 Å². The molecule has 0 radical (unpaired) electrons. The molecule has 0 spiro atoms. The first-order valence-corrected chi connectivity index (χ1v) is 7.48. The van der Waals surface area contributed by atoms with E-state index in [2.05, 4.69) is 10.9 Å². The molecule has 1 heterocycles.